The summed E-state index contributed by atoms with van der Waals surface area (Å²) in [5, 5.41) is 8.90. The number of nitrogens with one attached hydrogen (secondary N) is 4. The quantitative estimate of drug-likeness (QED) is 0.161. The van der Waals surface area contributed by atoms with Gasteiger partial charge < -0.3 is 26.0 Å². The fraction of sp³-hybridized carbons (Fsp3) is 0.393. The highest BCUT2D eigenvalue weighted by atomic mass is 19.2. The van der Waals surface area contributed by atoms with Gasteiger partial charge in [0.1, 0.15) is 12.6 Å². The lowest BCUT2D eigenvalue weighted by molar-refractivity contribution is -0.138. The van der Waals surface area contributed by atoms with E-state index in [2.05, 4.69) is 16.0 Å². The van der Waals surface area contributed by atoms with E-state index in [1.165, 1.54) is 0 Å². The number of benzene rings is 2. The van der Waals surface area contributed by atoms with Crippen LogP contribution in [0.15, 0.2) is 24.3 Å². The molecule has 0 saturated carbocycles. The van der Waals surface area contributed by atoms with Crippen molar-refractivity contribution in [2.24, 2.45) is 11.8 Å². The van der Waals surface area contributed by atoms with Crippen molar-refractivity contribution in [3.8, 4) is 5.75 Å². The van der Waals surface area contributed by atoms with Gasteiger partial charge in [0.25, 0.3) is 0 Å². The van der Waals surface area contributed by atoms with Gasteiger partial charge in [-0.3, -0.25) is 24.0 Å². The summed E-state index contributed by atoms with van der Waals surface area (Å²) in [7, 11) is 0. The molecule has 1 fully saturated rings. The van der Waals surface area contributed by atoms with Crippen molar-refractivity contribution in [3.63, 3.8) is 0 Å². The number of hydrogen-bond donors (Lipinski definition) is 4. The van der Waals surface area contributed by atoms with Crippen LogP contribution in [0.1, 0.15) is 33.1 Å². The minimum Gasteiger partial charge on any atom is -0.479 e. The maximum absolute atomic E-state index is 14.0. The van der Waals surface area contributed by atoms with Gasteiger partial charge >= 0.3 is 11.8 Å². The summed E-state index contributed by atoms with van der Waals surface area (Å²) in [6.45, 7) is 2.41. The normalized spacial score (nSPS) is 15.8. The Labute approximate surface area is 246 Å². The molecular weight excluding hydrogens is 602 g/mol. The Kier molecular flexibility index (Phi) is 11.3. The van der Waals surface area contributed by atoms with E-state index in [0.717, 1.165) is 18.2 Å². The molecule has 2 aromatic rings. The Bertz CT molecular complexity index is 1430. The zero-order valence-corrected chi connectivity index (χ0v) is 23.4. The number of carbonyl (C=O) groups is 5. The van der Waals surface area contributed by atoms with E-state index in [9.17, 15) is 50.3 Å². The number of amides is 4. The second-order valence-corrected chi connectivity index (χ2v) is 10.3. The average molecular weight is 631 g/mol. The number of ether oxygens (including phenoxy) is 1. The minimum absolute atomic E-state index is 0.0564. The molecule has 1 aliphatic rings. The highest BCUT2D eigenvalue weighted by Gasteiger charge is 2.34. The van der Waals surface area contributed by atoms with Gasteiger partial charge in [-0.1, -0.05) is 19.9 Å². The highest BCUT2D eigenvalue weighted by molar-refractivity contribution is 6.40. The second kappa shape index (κ2) is 14.7. The molecule has 0 spiro atoms. The van der Waals surface area contributed by atoms with Crippen LogP contribution in [-0.4, -0.2) is 54.6 Å². The number of rotatable bonds is 12. The van der Waals surface area contributed by atoms with Crippen LogP contribution in [-0.2, 0) is 24.0 Å². The van der Waals surface area contributed by atoms with Gasteiger partial charge in [-0.2, -0.15) is 8.78 Å². The van der Waals surface area contributed by atoms with Gasteiger partial charge in [0.05, 0.1) is 11.7 Å². The Morgan fingerprint density at radius 2 is 1.57 bits per heavy atom. The molecule has 1 aliphatic heterocycles. The molecule has 238 valence electrons. The van der Waals surface area contributed by atoms with Crippen molar-refractivity contribution >= 4 is 35.1 Å². The van der Waals surface area contributed by atoms with E-state index >= 15 is 0 Å². The van der Waals surface area contributed by atoms with Crippen LogP contribution in [0, 0.1) is 46.7 Å². The fourth-order valence-electron chi connectivity index (χ4n) is 4.33. The van der Waals surface area contributed by atoms with Crippen molar-refractivity contribution in [2.75, 3.05) is 18.5 Å². The largest absolute Gasteiger partial charge is 0.479 e. The van der Waals surface area contributed by atoms with E-state index in [4.69, 9.17) is 4.74 Å². The Morgan fingerprint density at radius 3 is 2.16 bits per heavy atom. The minimum atomic E-state index is -1.90. The third-order valence-electron chi connectivity index (χ3n) is 6.55. The van der Waals surface area contributed by atoms with Crippen molar-refractivity contribution in [3.05, 3.63) is 59.2 Å². The van der Waals surface area contributed by atoms with Crippen LogP contribution in [0.25, 0.3) is 0 Å². The predicted octanol–water partition coefficient (Wildman–Crippen LogP) is 2.65. The number of ketones is 1. The summed E-state index contributed by atoms with van der Waals surface area (Å²) in [5.41, 5.74) is -0.637. The molecule has 4 amide bonds. The van der Waals surface area contributed by atoms with E-state index in [-0.39, 0.29) is 37.8 Å². The van der Waals surface area contributed by atoms with E-state index in [1.54, 1.807) is 13.8 Å². The number of halogens is 6. The monoisotopic (exact) mass is 630 g/mol. The molecule has 0 radical (unpaired) electrons. The second-order valence-electron chi connectivity index (χ2n) is 10.3. The van der Waals surface area contributed by atoms with Crippen LogP contribution < -0.4 is 26.0 Å². The molecular formula is C28H28F6N4O6. The molecule has 1 heterocycles. The van der Waals surface area contributed by atoms with Crippen molar-refractivity contribution in [2.45, 2.75) is 45.2 Å². The van der Waals surface area contributed by atoms with Crippen molar-refractivity contribution in [1.82, 2.24) is 16.0 Å². The lowest BCUT2D eigenvalue weighted by Gasteiger charge is -2.25. The molecule has 0 bridgehead atoms. The molecule has 44 heavy (non-hydrogen) atoms. The van der Waals surface area contributed by atoms with E-state index in [0.29, 0.717) is 0 Å². The number of carbonyl (C=O) groups excluding carboxylic acids is 5. The first kappa shape index (κ1) is 33.9. The first-order valence-corrected chi connectivity index (χ1v) is 13.3. The van der Waals surface area contributed by atoms with Crippen molar-refractivity contribution in [1.29, 1.82) is 0 Å². The molecule has 0 unspecified atom stereocenters. The lowest BCUT2D eigenvalue weighted by Crippen LogP contribution is -2.54. The molecule has 2 aromatic carbocycles. The number of anilines is 1. The smallest absolute Gasteiger partial charge is 0.313 e. The first-order valence-electron chi connectivity index (χ1n) is 13.3. The summed E-state index contributed by atoms with van der Waals surface area (Å²) in [6, 6.07) is -0.210. The lowest BCUT2D eigenvalue weighted by atomic mass is 9.95. The van der Waals surface area contributed by atoms with Crippen molar-refractivity contribution < 1.29 is 55.1 Å². The molecule has 3 rings (SSSR count). The van der Waals surface area contributed by atoms with E-state index in [1.807, 2.05) is 5.32 Å². The molecule has 4 N–H and O–H groups in total. The third kappa shape index (κ3) is 8.48. The average Bonchev–Trinajstić information content (AvgIpc) is 3.37. The van der Waals surface area contributed by atoms with E-state index < -0.39 is 100 Å². The summed E-state index contributed by atoms with van der Waals surface area (Å²) in [6.07, 6.45) is -0.135. The summed E-state index contributed by atoms with van der Waals surface area (Å²) >= 11 is 0. The third-order valence-corrected chi connectivity index (χ3v) is 6.55. The Morgan fingerprint density at radius 1 is 0.909 bits per heavy atom. The molecule has 1 saturated heterocycles. The van der Waals surface area contributed by atoms with Gasteiger partial charge in [-0.05, 0) is 37.3 Å². The number of Topliss-reactive ketones (excluding diaryl/α,β-unsaturated/α-hetero) is 1. The molecule has 10 nitrogen and oxygen atoms in total. The van der Waals surface area contributed by atoms with Gasteiger partial charge in [-0.25, -0.2) is 17.6 Å². The Balaban J connectivity index is 1.77. The highest BCUT2D eigenvalue weighted by Crippen LogP contribution is 2.27. The predicted molar refractivity (Wildman–Crippen MR) is 141 cm³/mol. The van der Waals surface area contributed by atoms with Gasteiger partial charge in [0, 0.05) is 18.5 Å². The van der Waals surface area contributed by atoms with Crippen LogP contribution in [0.4, 0.5) is 32.0 Å². The van der Waals surface area contributed by atoms with Crippen LogP contribution in [0.2, 0.25) is 0 Å². The fourth-order valence-corrected chi connectivity index (χ4v) is 4.33. The molecule has 3 atom stereocenters. The summed E-state index contributed by atoms with van der Waals surface area (Å²) in [4.78, 5) is 63.4. The summed E-state index contributed by atoms with van der Waals surface area (Å²) < 4.78 is 87.3. The standard InChI is InChI=1S/C28H28F6N4O6/c1-12(2)8-19(38-28(43)27(42)36-17-5-3-4-14(29)21(17)32)26(41)37-18(9-13-6-7-35-25(13)40)20(39)11-44-24-22(33)15(30)10-16(31)23(24)34/h3-5,10,12-13,18-19H,6-9,11H2,1-2H3,(H,35,40)(H,36,42)(H,37,41)(H,38,43)/t13-,18-,19-/m0/s1. The number of hydrogen-bond acceptors (Lipinski definition) is 6. The topological polar surface area (TPSA) is 143 Å². The van der Waals surface area contributed by atoms with Gasteiger partial charge in [-0.15, -0.1) is 0 Å². The van der Waals surface area contributed by atoms with Crippen LogP contribution >= 0.6 is 0 Å². The van der Waals surface area contributed by atoms with Crippen LogP contribution in [0.5, 0.6) is 5.75 Å². The summed E-state index contributed by atoms with van der Waals surface area (Å²) in [5.74, 6) is -18.0. The zero-order chi connectivity index (χ0) is 32.7. The SMILES string of the molecule is CC(C)C[C@H](NC(=O)C(=O)Nc1cccc(F)c1F)C(=O)N[C@@H](C[C@@H]1CCNC1=O)C(=O)COc1c(F)c(F)cc(F)c1F. The maximum Gasteiger partial charge on any atom is 0.313 e. The molecule has 16 heteroatoms. The van der Waals surface area contributed by atoms with Gasteiger partial charge in [0.2, 0.25) is 23.4 Å². The maximum atomic E-state index is 14.0. The molecule has 0 aromatic heterocycles. The zero-order valence-electron chi connectivity index (χ0n) is 23.4. The Hall–Kier alpha value is -4.63. The van der Waals surface area contributed by atoms with Gasteiger partial charge in [0.15, 0.2) is 34.8 Å². The first-order chi connectivity index (χ1) is 20.7. The molecule has 0 aliphatic carbocycles. The van der Waals surface area contributed by atoms with Crippen LogP contribution in [0.3, 0.4) is 0 Å².